The quantitative estimate of drug-likeness (QED) is 0.631. The molecule has 0 aliphatic heterocycles. The fourth-order valence-corrected chi connectivity index (χ4v) is 3.28. The predicted molar refractivity (Wildman–Crippen MR) is 106 cm³/mol. The molecule has 0 atom stereocenters. The van der Waals surface area contributed by atoms with E-state index in [1.54, 1.807) is 0 Å². The van der Waals surface area contributed by atoms with E-state index < -0.39 is 0 Å². The average molecular weight is 368 g/mol. The summed E-state index contributed by atoms with van der Waals surface area (Å²) >= 11 is 6.33. The number of aryl methyl sites for hydroxylation is 1. The van der Waals surface area contributed by atoms with Crippen LogP contribution in [0.3, 0.4) is 0 Å². The SMILES string of the molecule is CCN(CC)C(=O)CCc1nc(-c2ccccc2Cl)nc2ccccc12. The first-order valence-electron chi connectivity index (χ1n) is 8.92. The smallest absolute Gasteiger partial charge is 0.222 e. The standard InChI is InChI=1S/C21H22ClN3O/c1-3-25(4-2)20(26)14-13-19-16-10-6-8-12-18(16)23-21(24-19)15-9-5-7-11-17(15)22/h5-12H,3-4,13-14H2,1-2H3. The summed E-state index contributed by atoms with van der Waals surface area (Å²) in [7, 11) is 0. The molecule has 0 radical (unpaired) electrons. The summed E-state index contributed by atoms with van der Waals surface area (Å²) in [5, 5.41) is 1.60. The monoisotopic (exact) mass is 367 g/mol. The Morgan fingerprint density at radius 3 is 2.42 bits per heavy atom. The zero-order valence-corrected chi connectivity index (χ0v) is 15.8. The van der Waals surface area contributed by atoms with Crippen LogP contribution in [0.15, 0.2) is 48.5 Å². The molecule has 0 aliphatic rings. The lowest BCUT2D eigenvalue weighted by Crippen LogP contribution is -2.30. The summed E-state index contributed by atoms with van der Waals surface area (Å²) < 4.78 is 0. The first kappa shape index (κ1) is 18.3. The molecule has 0 bridgehead atoms. The lowest BCUT2D eigenvalue weighted by molar-refractivity contribution is -0.130. The van der Waals surface area contributed by atoms with Crippen LogP contribution in [0.1, 0.15) is 26.0 Å². The van der Waals surface area contributed by atoms with E-state index in [1.165, 1.54) is 0 Å². The molecule has 0 N–H and O–H groups in total. The van der Waals surface area contributed by atoms with Crippen LogP contribution in [0.2, 0.25) is 5.02 Å². The van der Waals surface area contributed by atoms with Crippen LogP contribution in [0.25, 0.3) is 22.3 Å². The number of carbonyl (C=O) groups excluding carboxylic acids is 1. The van der Waals surface area contributed by atoms with Crippen molar-refractivity contribution in [1.82, 2.24) is 14.9 Å². The minimum absolute atomic E-state index is 0.150. The summed E-state index contributed by atoms with van der Waals surface area (Å²) in [6.07, 6.45) is 1.01. The third-order valence-corrected chi connectivity index (χ3v) is 4.82. The number of rotatable bonds is 6. The highest BCUT2D eigenvalue weighted by Gasteiger charge is 2.14. The number of nitrogens with zero attached hydrogens (tertiary/aromatic N) is 3. The second kappa shape index (κ2) is 8.28. The molecule has 26 heavy (non-hydrogen) atoms. The molecule has 4 nitrogen and oxygen atoms in total. The van der Waals surface area contributed by atoms with Crippen LogP contribution < -0.4 is 0 Å². The molecule has 5 heteroatoms. The largest absolute Gasteiger partial charge is 0.343 e. The topological polar surface area (TPSA) is 46.1 Å². The molecule has 1 aromatic heterocycles. The maximum atomic E-state index is 12.4. The number of hydrogen-bond donors (Lipinski definition) is 0. The van der Waals surface area contributed by atoms with Gasteiger partial charge in [0.25, 0.3) is 0 Å². The number of para-hydroxylation sites is 1. The van der Waals surface area contributed by atoms with E-state index in [9.17, 15) is 4.79 Å². The lowest BCUT2D eigenvalue weighted by atomic mass is 10.1. The van der Waals surface area contributed by atoms with Crippen LogP contribution in [-0.2, 0) is 11.2 Å². The van der Waals surface area contributed by atoms with Crippen molar-refractivity contribution in [1.29, 1.82) is 0 Å². The molecule has 3 rings (SSSR count). The van der Waals surface area contributed by atoms with Crippen LogP contribution in [0.5, 0.6) is 0 Å². The number of amides is 1. The zero-order chi connectivity index (χ0) is 18.5. The average Bonchev–Trinajstić information content (AvgIpc) is 2.67. The van der Waals surface area contributed by atoms with Crippen molar-refractivity contribution in [3.05, 3.63) is 59.2 Å². The molecule has 0 saturated carbocycles. The molecule has 2 aromatic carbocycles. The minimum Gasteiger partial charge on any atom is -0.343 e. The fourth-order valence-electron chi connectivity index (χ4n) is 3.06. The van der Waals surface area contributed by atoms with Gasteiger partial charge in [-0.25, -0.2) is 9.97 Å². The van der Waals surface area contributed by atoms with E-state index in [0.717, 1.165) is 35.2 Å². The van der Waals surface area contributed by atoms with Gasteiger partial charge in [-0.15, -0.1) is 0 Å². The highest BCUT2D eigenvalue weighted by molar-refractivity contribution is 6.33. The number of benzene rings is 2. The maximum Gasteiger partial charge on any atom is 0.222 e. The van der Waals surface area contributed by atoms with Crippen LogP contribution in [-0.4, -0.2) is 33.9 Å². The van der Waals surface area contributed by atoms with Crippen molar-refractivity contribution in [3.63, 3.8) is 0 Å². The normalized spacial score (nSPS) is 10.9. The molecule has 1 heterocycles. The third kappa shape index (κ3) is 3.86. The van der Waals surface area contributed by atoms with Crippen molar-refractivity contribution in [2.75, 3.05) is 13.1 Å². The molecule has 134 valence electrons. The Bertz CT molecular complexity index is 922. The fraction of sp³-hybridized carbons (Fsp3) is 0.286. The molecule has 0 spiro atoms. The minimum atomic E-state index is 0.150. The van der Waals surface area contributed by atoms with Gasteiger partial charge in [0.1, 0.15) is 0 Å². The van der Waals surface area contributed by atoms with E-state index in [4.69, 9.17) is 16.6 Å². The Hall–Kier alpha value is -2.46. The van der Waals surface area contributed by atoms with Gasteiger partial charge in [-0.1, -0.05) is 41.9 Å². The number of fused-ring (bicyclic) bond motifs is 1. The van der Waals surface area contributed by atoms with Crippen molar-refractivity contribution in [3.8, 4) is 11.4 Å². The summed E-state index contributed by atoms with van der Waals surface area (Å²) in [5.41, 5.74) is 2.55. The maximum absolute atomic E-state index is 12.4. The second-order valence-corrected chi connectivity index (χ2v) is 6.46. The Kier molecular flexibility index (Phi) is 5.84. The van der Waals surface area contributed by atoms with Gasteiger partial charge in [0.2, 0.25) is 5.91 Å². The number of hydrogen-bond acceptors (Lipinski definition) is 3. The number of carbonyl (C=O) groups is 1. The van der Waals surface area contributed by atoms with Gasteiger partial charge in [-0.3, -0.25) is 4.79 Å². The number of aromatic nitrogens is 2. The highest BCUT2D eigenvalue weighted by Crippen LogP contribution is 2.27. The third-order valence-electron chi connectivity index (χ3n) is 4.49. The molecular formula is C21H22ClN3O. The van der Waals surface area contributed by atoms with Crippen molar-refractivity contribution < 1.29 is 4.79 Å². The molecule has 0 unspecified atom stereocenters. The van der Waals surface area contributed by atoms with Gasteiger partial charge in [0.15, 0.2) is 5.82 Å². The van der Waals surface area contributed by atoms with E-state index >= 15 is 0 Å². The van der Waals surface area contributed by atoms with E-state index in [2.05, 4.69) is 4.98 Å². The first-order chi connectivity index (χ1) is 12.6. The summed E-state index contributed by atoms with van der Waals surface area (Å²) in [6.45, 7) is 5.45. The molecular weight excluding hydrogens is 346 g/mol. The predicted octanol–water partition coefficient (Wildman–Crippen LogP) is 4.75. The number of halogens is 1. The van der Waals surface area contributed by atoms with E-state index in [-0.39, 0.29) is 5.91 Å². The second-order valence-electron chi connectivity index (χ2n) is 6.06. The van der Waals surface area contributed by atoms with Crippen LogP contribution in [0.4, 0.5) is 0 Å². The zero-order valence-electron chi connectivity index (χ0n) is 15.1. The Balaban J connectivity index is 1.98. The molecule has 0 aliphatic carbocycles. The van der Waals surface area contributed by atoms with Gasteiger partial charge in [-0.2, -0.15) is 0 Å². The van der Waals surface area contributed by atoms with E-state index in [1.807, 2.05) is 67.3 Å². The molecule has 0 saturated heterocycles. The Morgan fingerprint density at radius 2 is 1.69 bits per heavy atom. The summed E-state index contributed by atoms with van der Waals surface area (Å²) in [5.74, 6) is 0.747. The molecule has 1 amide bonds. The van der Waals surface area contributed by atoms with Crippen molar-refractivity contribution >= 4 is 28.4 Å². The summed E-state index contributed by atoms with van der Waals surface area (Å²) in [4.78, 5) is 23.7. The lowest BCUT2D eigenvalue weighted by Gasteiger charge is -2.18. The van der Waals surface area contributed by atoms with Gasteiger partial charge < -0.3 is 4.90 Å². The van der Waals surface area contributed by atoms with Crippen LogP contribution in [0, 0.1) is 0 Å². The Morgan fingerprint density at radius 1 is 1.00 bits per heavy atom. The van der Waals surface area contributed by atoms with E-state index in [0.29, 0.717) is 23.7 Å². The van der Waals surface area contributed by atoms with Gasteiger partial charge in [0.05, 0.1) is 16.2 Å². The van der Waals surface area contributed by atoms with Crippen molar-refractivity contribution in [2.45, 2.75) is 26.7 Å². The van der Waals surface area contributed by atoms with Gasteiger partial charge >= 0.3 is 0 Å². The Labute approximate surface area is 158 Å². The van der Waals surface area contributed by atoms with Crippen LogP contribution >= 0.6 is 11.6 Å². The molecule has 0 fully saturated rings. The van der Waals surface area contributed by atoms with Gasteiger partial charge in [0, 0.05) is 30.5 Å². The summed E-state index contributed by atoms with van der Waals surface area (Å²) in [6, 6.07) is 15.4. The first-order valence-corrected chi connectivity index (χ1v) is 9.30. The highest BCUT2D eigenvalue weighted by atomic mass is 35.5. The van der Waals surface area contributed by atoms with Gasteiger partial charge in [-0.05, 0) is 38.5 Å². The van der Waals surface area contributed by atoms with Crippen molar-refractivity contribution in [2.24, 2.45) is 0 Å². The molecule has 3 aromatic rings.